The summed E-state index contributed by atoms with van der Waals surface area (Å²) in [5.41, 5.74) is -0.148. The van der Waals surface area contributed by atoms with E-state index in [0.717, 1.165) is 0 Å². The second kappa shape index (κ2) is 4.39. The molecule has 0 saturated carbocycles. The van der Waals surface area contributed by atoms with Gasteiger partial charge in [-0.1, -0.05) is 0 Å². The van der Waals surface area contributed by atoms with Gasteiger partial charge in [0.05, 0.1) is 7.11 Å². The topological polar surface area (TPSA) is 56.3 Å². The zero-order valence-electron chi connectivity index (χ0n) is 7.08. The van der Waals surface area contributed by atoms with Crippen LogP contribution < -0.4 is 4.74 Å². The molecule has 0 aliphatic heterocycles. The van der Waals surface area contributed by atoms with Crippen LogP contribution in [0.1, 0.15) is 21.0 Å². The lowest BCUT2D eigenvalue weighted by atomic mass is 10.3. The van der Waals surface area contributed by atoms with E-state index < -0.39 is 10.5 Å². The van der Waals surface area contributed by atoms with Crippen LogP contribution in [0.15, 0.2) is 12.1 Å². The van der Waals surface area contributed by atoms with Crippen molar-refractivity contribution in [3.05, 3.63) is 23.5 Å². The van der Waals surface area contributed by atoms with Gasteiger partial charge in [-0.15, -0.1) is 0 Å². The molecule has 0 atom stereocenters. The average Bonchev–Trinajstić information content (AvgIpc) is 2.16. The highest BCUT2D eigenvalue weighted by Gasteiger charge is 2.12. The van der Waals surface area contributed by atoms with Crippen LogP contribution >= 0.6 is 23.2 Å². The van der Waals surface area contributed by atoms with E-state index in [0.29, 0.717) is 5.75 Å². The Hall–Kier alpha value is -1.13. The molecular formula is C8H5Cl2NO3. The smallest absolute Gasteiger partial charge is 0.270 e. The molecular weight excluding hydrogens is 229 g/mol. The van der Waals surface area contributed by atoms with E-state index in [1.165, 1.54) is 19.2 Å². The third-order valence-electron chi connectivity index (χ3n) is 1.44. The molecule has 1 rings (SSSR count). The first-order valence-electron chi connectivity index (χ1n) is 3.50. The van der Waals surface area contributed by atoms with Crippen molar-refractivity contribution < 1.29 is 14.3 Å². The van der Waals surface area contributed by atoms with Crippen molar-refractivity contribution in [1.82, 2.24) is 4.98 Å². The highest BCUT2D eigenvalue weighted by Crippen LogP contribution is 2.16. The molecule has 1 aromatic rings. The summed E-state index contributed by atoms with van der Waals surface area (Å²) in [7, 11) is 1.39. The molecule has 0 N–H and O–H groups in total. The molecule has 0 radical (unpaired) electrons. The predicted octanol–water partition coefficient (Wildman–Crippen LogP) is 1.85. The predicted molar refractivity (Wildman–Crippen MR) is 51.2 cm³/mol. The lowest BCUT2D eigenvalue weighted by Crippen LogP contribution is -2.02. The Morgan fingerprint density at radius 3 is 1.93 bits per heavy atom. The molecule has 74 valence electrons. The number of carbonyl (C=O) groups excluding carboxylic acids is 2. The monoisotopic (exact) mass is 233 g/mol. The van der Waals surface area contributed by atoms with Crippen LogP contribution in [-0.2, 0) is 0 Å². The van der Waals surface area contributed by atoms with Crippen LogP contribution in [0.2, 0.25) is 0 Å². The zero-order chi connectivity index (χ0) is 10.7. The maximum absolute atomic E-state index is 10.8. The molecule has 6 heteroatoms. The Bertz CT molecular complexity index is 360. The lowest BCUT2D eigenvalue weighted by molar-refractivity contribution is 0.107. The summed E-state index contributed by atoms with van der Waals surface area (Å²) in [6, 6.07) is 2.64. The number of hydrogen-bond acceptors (Lipinski definition) is 4. The van der Waals surface area contributed by atoms with Gasteiger partial charge in [-0.25, -0.2) is 4.98 Å². The Labute approximate surface area is 89.8 Å². The van der Waals surface area contributed by atoms with Gasteiger partial charge in [0.15, 0.2) is 0 Å². The Morgan fingerprint density at radius 1 is 1.21 bits per heavy atom. The van der Waals surface area contributed by atoms with Crippen molar-refractivity contribution >= 4 is 33.7 Å². The minimum absolute atomic E-state index is 0.0741. The maximum Gasteiger partial charge on any atom is 0.270 e. The minimum Gasteiger partial charge on any atom is -0.497 e. The van der Waals surface area contributed by atoms with Gasteiger partial charge in [0.25, 0.3) is 10.5 Å². The van der Waals surface area contributed by atoms with E-state index >= 15 is 0 Å². The summed E-state index contributed by atoms with van der Waals surface area (Å²) in [6.45, 7) is 0. The molecule has 1 heterocycles. The number of aromatic nitrogens is 1. The first-order valence-corrected chi connectivity index (χ1v) is 4.26. The van der Waals surface area contributed by atoms with E-state index in [4.69, 9.17) is 27.9 Å². The van der Waals surface area contributed by atoms with E-state index in [9.17, 15) is 9.59 Å². The minimum atomic E-state index is -0.775. The molecule has 0 amide bonds. The largest absolute Gasteiger partial charge is 0.497 e. The number of methoxy groups -OCH3 is 1. The first kappa shape index (κ1) is 10.9. The van der Waals surface area contributed by atoms with Gasteiger partial charge >= 0.3 is 0 Å². The summed E-state index contributed by atoms with van der Waals surface area (Å²) in [5, 5.41) is -1.55. The van der Waals surface area contributed by atoms with E-state index in [1.54, 1.807) is 0 Å². The van der Waals surface area contributed by atoms with Crippen molar-refractivity contribution in [3.63, 3.8) is 0 Å². The molecule has 0 fully saturated rings. The Balaban J connectivity index is 3.27. The number of pyridine rings is 1. The van der Waals surface area contributed by atoms with Crippen molar-refractivity contribution in [2.24, 2.45) is 0 Å². The number of carbonyl (C=O) groups is 2. The Kier molecular flexibility index (Phi) is 3.43. The van der Waals surface area contributed by atoms with E-state index in [2.05, 4.69) is 4.98 Å². The molecule has 1 aromatic heterocycles. The molecule has 0 aliphatic carbocycles. The van der Waals surface area contributed by atoms with Crippen LogP contribution in [-0.4, -0.2) is 22.6 Å². The quantitative estimate of drug-likeness (QED) is 0.748. The molecule has 0 aromatic carbocycles. The lowest BCUT2D eigenvalue weighted by Gasteiger charge is -2.02. The maximum atomic E-state index is 10.8. The van der Waals surface area contributed by atoms with E-state index in [1.807, 2.05) is 0 Å². The van der Waals surface area contributed by atoms with Crippen LogP contribution in [0.25, 0.3) is 0 Å². The van der Waals surface area contributed by atoms with Gasteiger partial charge < -0.3 is 4.74 Å². The third kappa shape index (κ3) is 2.43. The van der Waals surface area contributed by atoms with Crippen LogP contribution in [0.3, 0.4) is 0 Å². The molecule has 0 unspecified atom stereocenters. The summed E-state index contributed by atoms with van der Waals surface area (Å²) >= 11 is 10.4. The fourth-order valence-corrected chi connectivity index (χ4v) is 1.02. The highest BCUT2D eigenvalue weighted by atomic mass is 35.5. The van der Waals surface area contributed by atoms with Gasteiger partial charge in [-0.05, 0) is 23.2 Å². The molecule has 4 nitrogen and oxygen atoms in total. The standard InChI is InChI=1S/C8H5Cl2NO3/c1-14-4-2-5(7(9)12)11-6(3-4)8(10)13/h2-3H,1H3. The van der Waals surface area contributed by atoms with Gasteiger partial charge in [0.1, 0.15) is 17.1 Å². The molecule has 0 aliphatic rings. The summed E-state index contributed by atoms with van der Waals surface area (Å²) in [5.74, 6) is 0.299. The van der Waals surface area contributed by atoms with Crippen LogP contribution in [0, 0.1) is 0 Å². The van der Waals surface area contributed by atoms with Crippen molar-refractivity contribution in [2.75, 3.05) is 7.11 Å². The second-order valence-corrected chi connectivity index (χ2v) is 3.01. The molecule has 0 saturated heterocycles. The average molecular weight is 234 g/mol. The normalized spacial score (nSPS) is 9.64. The van der Waals surface area contributed by atoms with Gasteiger partial charge in [0.2, 0.25) is 0 Å². The van der Waals surface area contributed by atoms with Crippen molar-refractivity contribution in [1.29, 1.82) is 0 Å². The molecule has 0 spiro atoms. The number of rotatable bonds is 3. The van der Waals surface area contributed by atoms with E-state index in [-0.39, 0.29) is 11.4 Å². The third-order valence-corrected chi connectivity index (χ3v) is 1.82. The molecule has 0 bridgehead atoms. The number of halogens is 2. The number of nitrogens with zero attached hydrogens (tertiary/aromatic N) is 1. The fourth-order valence-electron chi connectivity index (χ4n) is 0.825. The fraction of sp³-hybridized carbons (Fsp3) is 0.125. The summed E-state index contributed by atoms with van der Waals surface area (Å²) in [6.07, 6.45) is 0. The SMILES string of the molecule is COc1cc(C(=O)Cl)nc(C(=O)Cl)c1. The zero-order valence-corrected chi connectivity index (χ0v) is 8.59. The van der Waals surface area contributed by atoms with Crippen molar-refractivity contribution in [2.45, 2.75) is 0 Å². The van der Waals surface area contributed by atoms with Crippen LogP contribution in [0.5, 0.6) is 5.75 Å². The second-order valence-electron chi connectivity index (χ2n) is 2.32. The van der Waals surface area contributed by atoms with Gasteiger partial charge in [0, 0.05) is 12.1 Å². The summed E-state index contributed by atoms with van der Waals surface area (Å²) < 4.78 is 4.83. The first-order chi connectivity index (χ1) is 6.54. The number of ether oxygens (including phenoxy) is 1. The van der Waals surface area contributed by atoms with Gasteiger partial charge in [-0.3, -0.25) is 9.59 Å². The highest BCUT2D eigenvalue weighted by molar-refractivity contribution is 6.68. The van der Waals surface area contributed by atoms with Crippen molar-refractivity contribution in [3.8, 4) is 5.75 Å². The molecule has 14 heavy (non-hydrogen) atoms. The summed E-state index contributed by atoms with van der Waals surface area (Å²) in [4.78, 5) is 25.2. The van der Waals surface area contributed by atoms with Crippen LogP contribution in [0.4, 0.5) is 0 Å². The number of hydrogen-bond donors (Lipinski definition) is 0. The van der Waals surface area contributed by atoms with Gasteiger partial charge in [-0.2, -0.15) is 0 Å². The Morgan fingerprint density at radius 2 is 1.64 bits per heavy atom.